The number of fused-ring (bicyclic) bond motifs is 3. The first kappa shape index (κ1) is 9.93. The molecule has 3 aliphatic heterocycles. The molecule has 0 spiro atoms. The van der Waals surface area contributed by atoms with Crippen molar-refractivity contribution in [2.24, 2.45) is 5.92 Å². The van der Waals surface area contributed by atoms with Gasteiger partial charge < -0.3 is 9.84 Å². The van der Waals surface area contributed by atoms with Gasteiger partial charge in [0.2, 0.25) is 0 Å². The maximum atomic E-state index is 11.6. The molecule has 3 saturated heterocycles. The first-order chi connectivity index (χ1) is 6.74. The Morgan fingerprint density at radius 1 is 1.50 bits per heavy atom. The molecule has 1 N–H and O–H groups in total. The number of ether oxygens (including phenoxy) is 1. The Hall–Kier alpha value is -0.610. The van der Waals surface area contributed by atoms with Gasteiger partial charge in [0.05, 0.1) is 12.7 Å². The van der Waals surface area contributed by atoms with Gasteiger partial charge in [0.15, 0.2) is 0 Å². The van der Waals surface area contributed by atoms with Crippen LogP contribution in [0.2, 0.25) is 0 Å². The minimum Gasteiger partial charge on any atom is -0.465 e. The van der Waals surface area contributed by atoms with E-state index in [-0.39, 0.29) is 5.97 Å². The topological polar surface area (TPSA) is 49.8 Å². The quantitative estimate of drug-likeness (QED) is 0.636. The zero-order valence-corrected chi connectivity index (χ0v) is 8.48. The van der Waals surface area contributed by atoms with E-state index in [0.29, 0.717) is 12.5 Å². The van der Waals surface area contributed by atoms with Crippen molar-refractivity contribution in [3.05, 3.63) is 0 Å². The van der Waals surface area contributed by atoms with Crippen molar-refractivity contribution in [1.29, 1.82) is 0 Å². The lowest BCUT2D eigenvalue weighted by atomic mass is 9.80. The predicted octanol–water partition coefficient (Wildman–Crippen LogP) is 0.00460. The molecule has 80 valence electrons. The lowest BCUT2D eigenvalue weighted by molar-refractivity contribution is -0.164. The van der Waals surface area contributed by atoms with Crippen LogP contribution in [0.1, 0.15) is 19.8 Å². The summed E-state index contributed by atoms with van der Waals surface area (Å²) in [7, 11) is 0. The minimum absolute atomic E-state index is 0.260. The molecule has 3 fully saturated rings. The van der Waals surface area contributed by atoms with Crippen molar-refractivity contribution >= 4 is 5.97 Å². The van der Waals surface area contributed by atoms with Crippen molar-refractivity contribution in [3.63, 3.8) is 0 Å². The zero-order valence-electron chi connectivity index (χ0n) is 8.48. The van der Waals surface area contributed by atoms with E-state index >= 15 is 0 Å². The number of hydrogen-bond donors (Lipinski definition) is 1. The van der Waals surface area contributed by atoms with E-state index in [1.54, 1.807) is 6.92 Å². The second-order valence-corrected chi connectivity index (χ2v) is 4.06. The fourth-order valence-electron chi connectivity index (χ4n) is 2.53. The lowest BCUT2D eigenvalue weighted by Gasteiger charge is -2.47. The van der Waals surface area contributed by atoms with Crippen LogP contribution in [-0.4, -0.2) is 47.8 Å². The SMILES string of the molecule is CCOC(=O)C1C(O)C2CCN1CC2. The number of nitrogens with zero attached hydrogens (tertiary/aromatic N) is 1. The van der Waals surface area contributed by atoms with Crippen LogP contribution in [0.15, 0.2) is 0 Å². The van der Waals surface area contributed by atoms with Crippen LogP contribution in [0.3, 0.4) is 0 Å². The number of esters is 1. The third-order valence-corrected chi connectivity index (χ3v) is 3.30. The van der Waals surface area contributed by atoms with E-state index in [2.05, 4.69) is 0 Å². The second kappa shape index (κ2) is 3.87. The maximum Gasteiger partial charge on any atom is 0.326 e. The Morgan fingerprint density at radius 2 is 2.14 bits per heavy atom. The highest BCUT2D eigenvalue weighted by Gasteiger charge is 2.45. The molecule has 2 unspecified atom stereocenters. The van der Waals surface area contributed by atoms with Gasteiger partial charge in [0, 0.05) is 0 Å². The Bertz CT molecular complexity index is 221. The van der Waals surface area contributed by atoms with E-state index in [9.17, 15) is 9.90 Å². The Morgan fingerprint density at radius 3 is 2.64 bits per heavy atom. The molecule has 0 amide bonds. The summed E-state index contributed by atoms with van der Waals surface area (Å²) in [5.74, 6) is 0.0406. The molecule has 4 heteroatoms. The van der Waals surface area contributed by atoms with Gasteiger partial charge in [-0.1, -0.05) is 0 Å². The molecule has 0 aromatic heterocycles. The highest BCUT2D eigenvalue weighted by Crippen LogP contribution is 2.32. The number of aliphatic hydroxyl groups is 1. The fourth-order valence-corrected chi connectivity index (χ4v) is 2.53. The summed E-state index contributed by atoms with van der Waals surface area (Å²) < 4.78 is 4.96. The molecule has 0 aromatic rings. The van der Waals surface area contributed by atoms with Crippen LogP contribution in [0.5, 0.6) is 0 Å². The van der Waals surface area contributed by atoms with Crippen LogP contribution in [0.4, 0.5) is 0 Å². The standard InChI is InChI=1S/C10H17NO3/c1-2-14-10(13)8-9(12)7-3-5-11(8)6-4-7/h7-9,12H,2-6H2,1H3. The van der Waals surface area contributed by atoms with E-state index in [0.717, 1.165) is 25.9 Å². The summed E-state index contributed by atoms with van der Waals surface area (Å²) in [4.78, 5) is 13.6. The van der Waals surface area contributed by atoms with E-state index in [4.69, 9.17) is 4.74 Å². The fraction of sp³-hybridized carbons (Fsp3) is 0.900. The van der Waals surface area contributed by atoms with Crippen LogP contribution >= 0.6 is 0 Å². The summed E-state index contributed by atoms with van der Waals surface area (Å²) in [6, 6.07) is -0.401. The average Bonchev–Trinajstić information content (AvgIpc) is 2.19. The van der Waals surface area contributed by atoms with Crippen LogP contribution < -0.4 is 0 Å². The minimum atomic E-state index is -0.517. The van der Waals surface area contributed by atoms with Crippen LogP contribution in [-0.2, 0) is 9.53 Å². The third-order valence-electron chi connectivity index (χ3n) is 3.30. The summed E-state index contributed by atoms with van der Waals surface area (Å²) in [6.07, 6.45) is 1.50. The molecule has 0 radical (unpaired) electrons. The summed E-state index contributed by atoms with van der Waals surface area (Å²) in [5.41, 5.74) is 0. The van der Waals surface area contributed by atoms with E-state index in [1.807, 2.05) is 4.90 Å². The number of aliphatic hydroxyl groups excluding tert-OH is 1. The zero-order chi connectivity index (χ0) is 10.1. The molecule has 2 atom stereocenters. The van der Waals surface area contributed by atoms with Gasteiger partial charge in [-0.05, 0) is 38.8 Å². The molecule has 3 heterocycles. The van der Waals surface area contributed by atoms with E-state index in [1.165, 1.54) is 0 Å². The maximum absolute atomic E-state index is 11.6. The highest BCUT2D eigenvalue weighted by molar-refractivity contribution is 5.77. The van der Waals surface area contributed by atoms with Gasteiger partial charge in [-0.2, -0.15) is 0 Å². The molecule has 0 saturated carbocycles. The summed E-state index contributed by atoms with van der Waals surface area (Å²) in [5, 5.41) is 9.91. The predicted molar refractivity (Wildman–Crippen MR) is 50.7 cm³/mol. The van der Waals surface area contributed by atoms with Crippen molar-refractivity contribution in [3.8, 4) is 0 Å². The highest BCUT2D eigenvalue weighted by atomic mass is 16.5. The van der Waals surface area contributed by atoms with E-state index < -0.39 is 12.1 Å². The van der Waals surface area contributed by atoms with Crippen LogP contribution in [0, 0.1) is 5.92 Å². The number of carbonyl (C=O) groups is 1. The van der Waals surface area contributed by atoms with Gasteiger partial charge in [0.1, 0.15) is 6.04 Å². The second-order valence-electron chi connectivity index (χ2n) is 4.06. The normalized spacial score (nSPS) is 41.0. The van der Waals surface area contributed by atoms with Gasteiger partial charge in [-0.3, -0.25) is 9.69 Å². The summed E-state index contributed by atoms with van der Waals surface area (Å²) >= 11 is 0. The molecule has 3 aliphatic rings. The van der Waals surface area contributed by atoms with Gasteiger partial charge >= 0.3 is 5.97 Å². The largest absolute Gasteiger partial charge is 0.465 e. The average molecular weight is 199 g/mol. The van der Waals surface area contributed by atoms with Gasteiger partial charge in [0.25, 0.3) is 0 Å². The molecular weight excluding hydrogens is 182 g/mol. The van der Waals surface area contributed by atoms with Gasteiger partial charge in [-0.25, -0.2) is 0 Å². The number of rotatable bonds is 2. The van der Waals surface area contributed by atoms with Crippen molar-refractivity contribution in [2.75, 3.05) is 19.7 Å². The van der Waals surface area contributed by atoms with Crippen LogP contribution in [0.25, 0.3) is 0 Å². The van der Waals surface area contributed by atoms with Crippen molar-refractivity contribution < 1.29 is 14.6 Å². The molecule has 4 nitrogen and oxygen atoms in total. The monoisotopic (exact) mass is 199 g/mol. The molecule has 14 heavy (non-hydrogen) atoms. The number of carbonyl (C=O) groups excluding carboxylic acids is 1. The molecule has 2 bridgehead atoms. The Kier molecular flexibility index (Phi) is 2.74. The van der Waals surface area contributed by atoms with Gasteiger partial charge in [-0.15, -0.1) is 0 Å². The smallest absolute Gasteiger partial charge is 0.326 e. The molecular formula is C10H17NO3. The third kappa shape index (κ3) is 1.53. The Balaban J connectivity index is 2.06. The molecule has 0 aromatic carbocycles. The first-order valence-corrected chi connectivity index (χ1v) is 5.32. The first-order valence-electron chi connectivity index (χ1n) is 5.32. The summed E-state index contributed by atoms with van der Waals surface area (Å²) in [6.45, 7) is 4.03. The molecule has 3 rings (SSSR count). The number of hydrogen-bond acceptors (Lipinski definition) is 4. The lowest BCUT2D eigenvalue weighted by Crippen LogP contribution is -2.61. The number of piperidine rings is 3. The van der Waals surface area contributed by atoms with Crippen molar-refractivity contribution in [2.45, 2.75) is 31.9 Å². The van der Waals surface area contributed by atoms with Crippen molar-refractivity contribution in [1.82, 2.24) is 4.90 Å². The Labute approximate surface area is 83.8 Å². The molecule has 0 aliphatic carbocycles.